The summed E-state index contributed by atoms with van der Waals surface area (Å²) < 4.78 is 18.2. The van der Waals surface area contributed by atoms with Gasteiger partial charge in [0.25, 0.3) is 5.91 Å². The van der Waals surface area contributed by atoms with E-state index in [1.165, 1.54) is 21.3 Å². The first-order valence-electron chi connectivity index (χ1n) is 9.68. The Hall–Kier alpha value is -3.48. The Morgan fingerprint density at radius 2 is 1.83 bits per heavy atom. The Balaban J connectivity index is 1.83. The largest absolute Gasteiger partial charge is 0.493 e. The zero-order chi connectivity index (χ0) is 21.7. The van der Waals surface area contributed by atoms with Crippen molar-refractivity contribution >= 4 is 11.6 Å². The van der Waals surface area contributed by atoms with E-state index in [0.717, 1.165) is 11.4 Å². The molecule has 3 aromatic rings. The number of hydrogen-bond donors (Lipinski definition) is 1. The third-order valence-electron chi connectivity index (χ3n) is 4.75. The standard InChI is InChI=1S/C23H27N3O4/c1-15(2)22-24-11-12-26(22)14-16-7-6-8-17(13-16)25-23(27)18-9-10-19(28-3)21(30-5)20(18)29-4/h6-13,15H,14H2,1-5H3,(H,25,27). The maximum absolute atomic E-state index is 12.9. The first-order chi connectivity index (χ1) is 14.5. The predicted octanol–water partition coefficient (Wildman–Crippen LogP) is 4.33. The minimum absolute atomic E-state index is 0.296. The molecule has 7 heteroatoms. The van der Waals surface area contributed by atoms with Crippen LogP contribution in [0.2, 0.25) is 0 Å². The van der Waals surface area contributed by atoms with Crippen LogP contribution >= 0.6 is 0 Å². The lowest BCUT2D eigenvalue weighted by Gasteiger charge is -2.16. The molecule has 3 rings (SSSR count). The molecule has 158 valence electrons. The monoisotopic (exact) mass is 409 g/mol. The van der Waals surface area contributed by atoms with E-state index in [1.807, 2.05) is 36.7 Å². The zero-order valence-electron chi connectivity index (χ0n) is 17.9. The van der Waals surface area contributed by atoms with Gasteiger partial charge in [-0.3, -0.25) is 4.79 Å². The van der Waals surface area contributed by atoms with Crippen LogP contribution in [0.15, 0.2) is 48.8 Å². The van der Waals surface area contributed by atoms with Gasteiger partial charge < -0.3 is 24.1 Å². The van der Waals surface area contributed by atoms with Crippen molar-refractivity contribution in [1.29, 1.82) is 0 Å². The van der Waals surface area contributed by atoms with Crippen molar-refractivity contribution in [3.63, 3.8) is 0 Å². The molecule has 1 N–H and O–H groups in total. The molecule has 0 aliphatic carbocycles. The number of nitrogens with one attached hydrogen (secondary N) is 1. The van der Waals surface area contributed by atoms with Gasteiger partial charge in [0, 0.05) is 30.5 Å². The van der Waals surface area contributed by atoms with E-state index in [-0.39, 0.29) is 5.91 Å². The molecule has 0 aliphatic rings. The number of carbonyl (C=O) groups is 1. The number of benzene rings is 2. The van der Waals surface area contributed by atoms with E-state index in [4.69, 9.17) is 14.2 Å². The van der Waals surface area contributed by atoms with E-state index in [0.29, 0.717) is 41.0 Å². The van der Waals surface area contributed by atoms with Crippen LogP contribution in [-0.2, 0) is 6.54 Å². The van der Waals surface area contributed by atoms with E-state index < -0.39 is 0 Å². The highest BCUT2D eigenvalue weighted by molar-refractivity contribution is 6.07. The van der Waals surface area contributed by atoms with Gasteiger partial charge in [-0.25, -0.2) is 4.98 Å². The van der Waals surface area contributed by atoms with Gasteiger partial charge in [-0.15, -0.1) is 0 Å². The quantitative estimate of drug-likeness (QED) is 0.599. The van der Waals surface area contributed by atoms with Gasteiger partial charge in [0.05, 0.1) is 26.9 Å². The number of aromatic nitrogens is 2. The summed E-state index contributed by atoms with van der Waals surface area (Å²) in [6.45, 7) is 4.91. The first-order valence-corrected chi connectivity index (χ1v) is 9.68. The van der Waals surface area contributed by atoms with Crippen LogP contribution in [0.5, 0.6) is 17.2 Å². The molecular weight excluding hydrogens is 382 g/mol. The fourth-order valence-corrected chi connectivity index (χ4v) is 3.38. The molecule has 0 radical (unpaired) electrons. The third-order valence-corrected chi connectivity index (χ3v) is 4.75. The Labute approximate surface area is 176 Å². The fraction of sp³-hybridized carbons (Fsp3) is 0.304. The van der Waals surface area contributed by atoms with Gasteiger partial charge in [-0.1, -0.05) is 26.0 Å². The van der Waals surface area contributed by atoms with Gasteiger partial charge >= 0.3 is 0 Å². The van der Waals surface area contributed by atoms with Crippen molar-refractivity contribution < 1.29 is 19.0 Å². The van der Waals surface area contributed by atoms with Crippen LogP contribution < -0.4 is 19.5 Å². The fourth-order valence-electron chi connectivity index (χ4n) is 3.38. The third kappa shape index (κ3) is 4.40. The smallest absolute Gasteiger partial charge is 0.259 e. The molecule has 1 heterocycles. The molecule has 0 aliphatic heterocycles. The predicted molar refractivity (Wildman–Crippen MR) is 116 cm³/mol. The van der Waals surface area contributed by atoms with Crippen LogP contribution in [0.1, 0.15) is 41.5 Å². The molecule has 1 amide bonds. The summed E-state index contributed by atoms with van der Waals surface area (Å²) in [5, 5.41) is 2.94. The molecule has 1 aromatic heterocycles. The van der Waals surface area contributed by atoms with Gasteiger partial charge in [0.1, 0.15) is 5.82 Å². The van der Waals surface area contributed by atoms with Gasteiger partial charge in [0.2, 0.25) is 5.75 Å². The number of nitrogens with zero attached hydrogens (tertiary/aromatic N) is 2. The molecule has 0 saturated carbocycles. The molecule has 0 bridgehead atoms. The summed E-state index contributed by atoms with van der Waals surface area (Å²) in [5.74, 6) is 2.26. The normalized spacial score (nSPS) is 10.7. The maximum atomic E-state index is 12.9. The van der Waals surface area contributed by atoms with Crippen LogP contribution in [0.4, 0.5) is 5.69 Å². The Morgan fingerprint density at radius 1 is 1.07 bits per heavy atom. The second kappa shape index (κ2) is 9.35. The lowest BCUT2D eigenvalue weighted by Crippen LogP contribution is -2.14. The zero-order valence-corrected chi connectivity index (χ0v) is 17.9. The summed E-state index contributed by atoms with van der Waals surface area (Å²) in [4.78, 5) is 17.4. The average Bonchev–Trinajstić information content (AvgIpc) is 3.21. The van der Waals surface area contributed by atoms with Crippen LogP contribution in [0.25, 0.3) is 0 Å². The second-order valence-electron chi connectivity index (χ2n) is 7.10. The minimum Gasteiger partial charge on any atom is -0.493 e. The topological polar surface area (TPSA) is 74.6 Å². The number of carbonyl (C=O) groups excluding carboxylic acids is 1. The lowest BCUT2D eigenvalue weighted by atomic mass is 10.1. The SMILES string of the molecule is COc1ccc(C(=O)Nc2cccc(Cn3ccnc3C(C)C)c2)c(OC)c1OC. The highest BCUT2D eigenvalue weighted by Crippen LogP contribution is 2.39. The van der Waals surface area contributed by atoms with Gasteiger partial charge in [-0.2, -0.15) is 0 Å². The van der Waals surface area contributed by atoms with Crippen molar-refractivity contribution in [3.8, 4) is 17.2 Å². The second-order valence-corrected chi connectivity index (χ2v) is 7.10. The van der Waals surface area contributed by atoms with E-state index >= 15 is 0 Å². The van der Waals surface area contributed by atoms with Crippen LogP contribution in [0, 0.1) is 0 Å². The van der Waals surface area contributed by atoms with E-state index in [2.05, 4.69) is 28.7 Å². The molecule has 0 spiro atoms. The number of rotatable bonds is 8. The summed E-state index contributed by atoms with van der Waals surface area (Å²) in [6.07, 6.45) is 3.78. The summed E-state index contributed by atoms with van der Waals surface area (Å²) in [7, 11) is 4.53. The number of imidazole rings is 1. The lowest BCUT2D eigenvalue weighted by molar-refractivity contribution is 0.102. The van der Waals surface area contributed by atoms with Gasteiger partial charge in [0.15, 0.2) is 11.5 Å². The van der Waals surface area contributed by atoms with Crippen LogP contribution in [-0.4, -0.2) is 36.8 Å². The Morgan fingerprint density at radius 3 is 2.50 bits per heavy atom. The van der Waals surface area contributed by atoms with E-state index in [1.54, 1.807) is 12.1 Å². The molecule has 2 aromatic carbocycles. The Bertz CT molecular complexity index is 1030. The number of ether oxygens (including phenoxy) is 3. The van der Waals surface area contributed by atoms with Crippen LogP contribution in [0.3, 0.4) is 0 Å². The number of hydrogen-bond acceptors (Lipinski definition) is 5. The summed E-state index contributed by atoms with van der Waals surface area (Å²) in [6, 6.07) is 11.1. The van der Waals surface area contributed by atoms with Crippen molar-refractivity contribution in [3.05, 3.63) is 65.7 Å². The summed E-state index contributed by atoms with van der Waals surface area (Å²) in [5.41, 5.74) is 2.12. The molecular formula is C23H27N3O4. The summed E-state index contributed by atoms with van der Waals surface area (Å²) >= 11 is 0. The maximum Gasteiger partial charge on any atom is 0.259 e. The van der Waals surface area contributed by atoms with Crippen molar-refractivity contribution in [2.45, 2.75) is 26.3 Å². The number of anilines is 1. The molecule has 0 atom stereocenters. The molecule has 7 nitrogen and oxygen atoms in total. The highest BCUT2D eigenvalue weighted by Gasteiger charge is 2.21. The van der Waals surface area contributed by atoms with Gasteiger partial charge in [-0.05, 0) is 29.8 Å². The molecule has 0 unspecified atom stereocenters. The van der Waals surface area contributed by atoms with Crippen molar-refractivity contribution in [2.75, 3.05) is 26.6 Å². The first kappa shape index (κ1) is 21.2. The van der Waals surface area contributed by atoms with E-state index in [9.17, 15) is 4.79 Å². The highest BCUT2D eigenvalue weighted by atomic mass is 16.5. The Kier molecular flexibility index (Phi) is 6.61. The average molecular weight is 409 g/mol. The number of amides is 1. The van der Waals surface area contributed by atoms with Crippen molar-refractivity contribution in [2.24, 2.45) is 0 Å². The minimum atomic E-state index is -0.296. The number of methoxy groups -OCH3 is 3. The van der Waals surface area contributed by atoms with Crippen molar-refractivity contribution in [1.82, 2.24) is 9.55 Å². The molecule has 0 fully saturated rings. The molecule has 30 heavy (non-hydrogen) atoms. The molecule has 0 saturated heterocycles.